The third kappa shape index (κ3) is 4.93. The molecule has 5 heteroatoms. The molecule has 2 unspecified atom stereocenters. The Kier molecular flexibility index (Phi) is 6.10. The van der Waals surface area contributed by atoms with Crippen molar-refractivity contribution in [3.8, 4) is 0 Å². The van der Waals surface area contributed by atoms with Gasteiger partial charge in [-0.1, -0.05) is 18.2 Å². The Morgan fingerprint density at radius 2 is 2.05 bits per heavy atom. The Morgan fingerprint density at radius 3 is 2.68 bits per heavy atom. The predicted molar refractivity (Wildman–Crippen MR) is 86.2 cm³/mol. The quantitative estimate of drug-likeness (QED) is 0.820. The molecule has 22 heavy (non-hydrogen) atoms. The van der Waals surface area contributed by atoms with Gasteiger partial charge in [-0.3, -0.25) is 4.79 Å². The first-order chi connectivity index (χ1) is 10.6. The van der Waals surface area contributed by atoms with Crippen LogP contribution < -0.4 is 5.32 Å². The zero-order valence-electron chi connectivity index (χ0n) is 12.5. The highest BCUT2D eigenvalue weighted by molar-refractivity contribution is 7.09. The summed E-state index contributed by atoms with van der Waals surface area (Å²) in [5.74, 6) is -0.425. The molecule has 1 amide bonds. The number of hydrogen-bond donors (Lipinski definition) is 2. The molecule has 0 aliphatic carbocycles. The van der Waals surface area contributed by atoms with Crippen LogP contribution in [0.2, 0.25) is 0 Å². The number of benzene rings is 1. The normalized spacial score (nSPS) is 13.6. The zero-order valence-corrected chi connectivity index (χ0v) is 13.3. The van der Waals surface area contributed by atoms with Crippen LogP contribution >= 0.6 is 11.3 Å². The highest BCUT2D eigenvalue weighted by Gasteiger charge is 2.18. The van der Waals surface area contributed by atoms with Crippen molar-refractivity contribution in [1.82, 2.24) is 5.32 Å². The minimum atomic E-state index is -0.846. The maximum absolute atomic E-state index is 12.9. The number of carbonyl (C=O) groups is 1. The number of rotatable bonds is 7. The molecule has 2 rings (SSSR count). The zero-order chi connectivity index (χ0) is 15.9. The van der Waals surface area contributed by atoms with Gasteiger partial charge in [0.1, 0.15) is 5.82 Å². The number of thiophene rings is 1. The Labute approximate surface area is 133 Å². The van der Waals surface area contributed by atoms with E-state index >= 15 is 0 Å². The molecule has 1 aromatic carbocycles. The molecule has 2 atom stereocenters. The molecular weight excluding hydrogens is 301 g/mol. The van der Waals surface area contributed by atoms with Gasteiger partial charge in [-0.2, -0.15) is 0 Å². The second-order valence-corrected chi connectivity index (χ2v) is 6.32. The molecule has 1 aromatic heterocycles. The van der Waals surface area contributed by atoms with Crippen LogP contribution in [-0.4, -0.2) is 17.1 Å². The largest absolute Gasteiger partial charge is 0.386 e. The fourth-order valence-corrected chi connectivity index (χ4v) is 2.98. The third-order valence-corrected chi connectivity index (χ3v) is 4.42. The molecule has 2 N–H and O–H groups in total. The lowest BCUT2D eigenvalue weighted by Gasteiger charge is -2.20. The summed E-state index contributed by atoms with van der Waals surface area (Å²) in [5.41, 5.74) is 0.591. The maximum atomic E-state index is 12.9. The lowest BCUT2D eigenvalue weighted by molar-refractivity contribution is -0.122. The van der Waals surface area contributed by atoms with Crippen LogP contribution in [-0.2, 0) is 11.2 Å². The molecule has 0 saturated heterocycles. The van der Waals surface area contributed by atoms with Gasteiger partial charge < -0.3 is 10.4 Å². The van der Waals surface area contributed by atoms with Crippen molar-refractivity contribution >= 4 is 17.2 Å². The molecule has 1 heterocycles. The molecule has 3 nitrogen and oxygen atoms in total. The topological polar surface area (TPSA) is 49.3 Å². The van der Waals surface area contributed by atoms with Gasteiger partial charge in [0.15, 0.2) is 0 Å². The van der Waals surface area contributed by atoms with Gasteiger partial charge in [0, 0.05) is 11.3 Å². The van der Waals surface area contributed by atoms with E-state index in [0.29, 0.717) is 12.0 Å². The van der Waals surface area contributed by atoms with E-state index in [1.165, 1.54) is 29.1 Å². The average molecular weight is 321 g/mol. The highest BCUT2D eigenvalue weighted by atomic mass is 32.1. The van der Waals surface area contributed by atoms with Gasteiger partial charge >= 0.3 is 0 Å². The molecule has 0 saturated carbocycles. The SMILES string of the molecule is CC(NC(=O)CCCc1cccs1)C(O)c1ccc(F)cc1. The number of aliphatic hydroxyl groups excluding tert-OH is 1. The summed E-state index contributed by atoms with van der Waals surface area (Å²) >= 11 is 1.69. The van der Waals surface area contributed by atoms with Gasteiger partial charge in [0.05, 0.1) is 12.1 Å². The number of aryl methyl sites for hydroxylation is 1. The van der Waals surface area contributed by atoms with Crippen molar-refractivity contribution < 1.29 is 14.3 Å². The van der Waals surface area contributed by atoms with Gasteiger partial charge in [0.25, 0.3) is 0 Å². The fraction of sp³-hybridized carbons (Fsp3) is 0.353. The van der Waals surface area contributed by atoms with Crippen LogP contribution in [0, 0.1) is 5.82 Å². The van der Waals surface area contributed by atoms with Gasteiger partial charge in [-0.05, 0) is 48.9 Å². The van der Waals surface area contributed by atoms with E-state index in [2.05, 4.69) is 11.4 Å². The smallest absolute Gasteiger partial charge is 0.220 e. The van der Waals surface area contributed by atoms with Gasteiger partial charge in [-0.25, -0.2) is 4.39 Å². The highest BCUT2D eigenvalue weighted by Crippen LogP contribution is 2.17. The molecule has 118 valence electrons. The first-order valence-corrected chi connectivity index (χ1v) is 8.19. The van der Waals surface area contributed by atoms with E-state index in [1.807, 2.05) is 11.4 Å². The van der Waals surface area contributed by atoms with E-state index in [4.69, 9.17) is 0 Å². The van der Waals surface area contributed by atoms with Crippen LogP contribution in [0.5, 0.6) is 0 Å². The number of carbonyl (C=O) groups excluding carboxylic acids is 1. The van der Waals surface area contributed by atoms with Crippen molar-refractivity contribution in [2.24, 2.45) is 0 Å². The Hall–Kier alpha value is -1.72. The summed E-state index contributed by atoms with van der Waals surface area (Å²) in [4.78, 5) is 13.2. The van der Waals surface area contributed by atoms with Crippen molar-refractivity contribution in [3.63, 3.8) is 0 Å². The first-order valence-electron chi connectivity index (χ1n) is 7.31. The average Bonchev–Trinajstić information content (AvgIpc) is 3.00. The fourth-order valence-electron chi connectivity index (χ4n) is 2.23. The van der Waals surface area contributed by atoms with E-state index in [0.717, 1.165) is 12.8 Å². The van der Waals surface area contributed by atoms with Gasteiger partial charge in [0.2, 0.25) is 5.91 Å². The van der Waals surface area contributed by atoms with Crippen LogP contribution in [0.3, 0.4) is 0 Å². The van der Waals surface area contributed by atoms with Crippen molar-refractivity contribution in [2.75, 3.05) is 0 Å². The number of amides is 1. The lowest BCUT2D eigenvalue weighted by atomic mass is 10.0. The van der Waals surface area contributed by atoms with Crippen LogP contribution in [0.15, 0.2) is 41.8 Å². The van der Waals surface area contributed by atoms with Crippen molar-refractivity contribution in [1.29, 1.82) is 0 Å². The summed E-state index contributed by atoms with van der Waals surface area (Å²) in [7, 11) is 0. The van der Waals surface area contributed by atoms with Crippen molar-refractivity contribution in [2.45, 2.75) is 38.3 Å². The second kappa shape index (κ2) is 8.06. The second-order valence-electron chi connectivity index (χ2n) is 5.29. The van der Waals surface area contributed by atoms with E-state index in [9.17, 15) is 14.3 Å². The van der Waals surface area contributed by atoms with Crippen LogP contribution in [0.25, 0.3) is 0 Å². The first kappa shape index (κ1) is 16.6. The third-order valence-electron chi connectivity index (χ3n) is 3.48. The van der Waals surface area contributed by atoms with Gasteiger partial charge in [-0.15, -0.1) is 11.3 Å². The summed E-state index contributed by atoms with van der Waals surface area (Å²) in [6, 6.07) is 9.30. The van der Waals surface area contributed by atoms with Crippen LogP contribution in [0.4, 0.5) is 4.39 Å². The number of nitrogens with one attached hydrogen (secondary N) is 1. The minimum absolute atomic E-state index is 0.0785. The summed E-state index contributed by atoms with van der Waals surface area (Å²) < 4.78 is 12.9. The Bertz CT molecular complexity index is 583. The number of aliphatic hydroxyl groups is 1. The summed E-state index contributed by atoms with van der Waals surface area (Å²) in [6.07, 6.45) is 1.26. The Morgan fingerprint density at radius 1 is 1.32 bits per heavy atom. The van der Waals surface area contributed by atoms with E-state index in [-0.39, 0.29) is 11.7 Å². The molecule has 0 spiro atoms. The molecule has 0 aliphatic heterocycles. The molecule has 0 bridgehead atoms. The van der Waals surface area contributed by atoms with E-state index in [1.54, 1.807) is 18.3 Å². The molecule has 0 aliphatic rings. The Balaban J connectivity index is 1.76. The minimum Gasteiger partial charge on any atom is -0.386 e. The molecule has 0 fully saturated rings. The molecule has 0 radical (unpaired) electrons. The lowest BCUT2D eigenvalue weighted by Crippen LogP contribution is -2.37. The van der Waals surface area contributed by atoms with E-state index < -0.39 is 12.1 Å². The summed E-state index contributed by atoms with van der Waals surface area (Å²) in [6.45, 7) is 1.74. The van der Waals surface area contributed by atoms with Crippen molar-refractivity contribution in [3.05, 3.63) is 58.0 Å². The number of hydrogen-bond acceptors (Lipinski definition) is 3. The van der Waals surface area contributed by atoms with Crippen LogP contribution in [0.1, 0.15) is 36.3 Å². The maximum Gasteiger partial charge on any atom is 0.220 e. The standard InChI is InChI=1S/C17H20FNO2S/c1-12(17(21)13-7-9-14(18)10-8-13)19-16(20)6-2-4-15-5-3-11-22-15/h3,5,7-12,17,21H,2,4,6H2,1H3,(H,19,20). The predicted octanol–water partition coefficient (Wildman–Crippen LogP) is 3.45. The molecular formula is C17H20FNO2S. The molecule has 2 aromatic rings. The summed E-state index contributed by atoms with van der Waals surface area (Å²) in [5, 5.41) is 15.0. The number of halogens is 1. The monoisotopic (exact) mass is 321 g/mol.